The normalized spacial score (nSPS) is 14.9. The van der Waals surface area contributed by atoms with Crippen LogP contribution in [-0.4, -0.2) is 35.4 Å². The highest BCUT2D eigenvalue weighted by atomic mass is 16.2. The van der Waals surface area contributed by atoms with Crippen molar-refractivity contribution < 1.29 is 4.79 Å². The van der Waals surface area contributed by atoms with Crippen LogP contribution in [0.1, 0.15) is 49.2 Å². The molecule has 0 spiro atoms. The lowest BCUT2D eigenvalue weighted by atomic mass is 9.91. The smallest absolute Gasteiger partial charge is 0.254 e. The van der Waals surface area contributed by atoms with Crippen LogP contribution >= 0.6 is 0 Å². The van der Waals surface area contributed by atoms with E-state index in [0.717, 1.165) is 42.9 Å². The van der Waals surface area contributed by atoms with Crippen molar-refractivity contribution in [2.24, 2.45) is 0 Å². The van der Waals surface area contributed by atoms with E-state index in [2.05, 4.69) is 17.2 Å². The minimum absolute atomic E-state index is 0.112. The molecule has 4 nitrogen and oxygen atoms in total. The maximum atomic E-state index is 12.5. The molecule has 1 heterocycles. The number of hydrogen-bond donors (Lipinski definition) is 1. The Hall–Kier alpha value is -1.58. The summed E-state index contributed by atoms with van der Waals surface area (Å²) in [4.78, 5) is 18.8. The second kappa shape index (κ2) is 6.04. The molecule has 1 aliphatic carbocycles. The summed E-state index contributed by atoms with van der Waals surface area (Å²) in [6, 6.07) is 4.20. The van der Waals surface area contributed by atoms with E-state index in [1.165, 1.54) is 6.42 Å². The molecule has 0 radical (unpaired) electrons. The Labute approximate surface area is 115 Å². The summed E-state index contributed by atoms with van der Waals surface area (Å²) in [5.41, 5.74) is 1.71. The maximum absolute atomic E-state index is 12.5. The fourth-order valence-corrected chi connectivity index (χ4v) is 2.31. The van der Waals surface area contributed by atoms with Crippen LogP contribution in [0.15, 0.2) is 12.1 Å². The molecule has 4 heteroatoms. The molecule has 1 saturated carbocycles. The number of pyridine rings is 1. The van der Waals surface area contributed by atoms with Gasteiger partial charge in [0.05, 0.1) is 0 Å². The quantitative estimate of drug-likeness (QED) is 0.886. The number of carbonyl (C=O) groups excluding carboxylic acids is 1. The standard InChI is InChI=1S/C15H23N3O/c1-4-12-9-11(10-14(17-12)16-5-2)15(19)18(3)13-7-6-8-13/h9-10,13H,4-8H2,1-3H3,(H,16,17). The fourth-order valence-electron chi connectivity index (χ4n) is 2.31. The summed E-state index contributed by atoms with van der Waals surface area (Å²) in [6.45, 7) is 4.90. The summed E-state index contributed by atoms with van der Waals surface area (Å²) < 4.78 is 0. The van der Waals surface area contributed by atoms with E-state index in [4.69, 9.17) is 0 Å². The van der Waals surface area contributed by atoms with Crippen LogP contribution in [0.4, 0.5) is 5.82 Å². The van der Waals surface area contributed by atoms with Gasteiger partial charge in [0.25, 0.3) is 5.91 Å². The molecule has 0 unspecified atom stereocenters. The Morgan fingerprint density at radius 1 is 1.42 bits per heavy atom. The van der Waals surface area contributed by atoms with Crippen LogP contribution in [0.25, 0.3) is 0 Å². The predicted molar refractivity (Wildman–Crippen MR) is 77.5 cm³/mol. The van der Waals surface area contributed by atoms with Gasteiger partial charge < -0.3 is 10.2 Å². The molecule has 1 aromatic rings. The fraction of sp³-hybridized carbons (Fsp3) is 0.600. The van der Waals surface area contributed by atoms with Gasteiger partial charge in [-0.15, -0.1) is 0 Å². The number of rotatable bonds is 5. The topological polar surface area (TPSA) is 45.2 Å². The van der Waals surface area contributed by atoms with Gasteiger partial charge in [0.2, 0.25) is 0 Å². The summed E-state index contributed by atoms with van der Waals surface area (Å²) >= 11 is 0. The first-order chi connectivity index (χ1) is 9.15. The number of anilines is 1. The first-order valence-electron chi connectivity index (χ1n) is 7.17. The van der Waals surface area contributed by atoms with Gasteiger partial charge in [-0.25, -0.2) is 4.98 Å². The number of aryl methyl sites for hydroxylation is 1. The third kappa shape index (κ3) is 3.06. The van der Waals surface area contributed by atoms with E-state index in [0.29, 0.717) is 6.04 Å². The minimum atomic E-state index is 0.112. The molecule has 1 N–H and O–H groups in total. The predicted octanol–water partition coefficient (Wildman–Crippen LogP) is 2.70. The molecule has 0 bridgehead atoms. The number of aromatic nitrogens is 1. The van der Waals surface area contributed by atoms with Crippen LogP contribution in [0.5, 0.6) is 0 Å². The largest absolute Gasteiger partial charge is 0.370 e. The molecule has 0 atom stereocenters. The molecule has 19 heavy (non-hydrogen) atoms. The lowest BCUT2D eigenvalue weighted by Crippen LogP contribution is -2.41. The molecule has 1 amide bonds. The molecule has 2 rings (SSSR count). The summed E-state index contributed by atoms with van der Waals surface area (Å²) in [7, 11) is 1.91. The van der Waals surface area contributed by atoms with Gasteiger partial charge >= 0.3 is 0 Å². The van der Waals surface area contributed by atoms with E-state index in [1.54, 1.807) is 0 Å². The van der Waals surface area contributed by atoms with Crippen LogP contribution in [0.3, 0.4) is 0 Å². The van der Waals surface area contributed by atoms with Gasteiger partial charge in [-0.1, -0.05) is 6.92 Å². The van der Waals surface area contributed by atoms with E-state index in [-0.39, 0.29) is 5.91 Å². The summed E-state index contributed by atoms with van der Waals surface area (Å²) in [6.07, 6.45) is 4.34. The Morgan fingerprint density at radius 3 is 2.68 bits per heavy atom. The van der Waals surface area contributed by atoms with Crippen molar-refractivity contribution in [1.82, 2.24) is 9.88 Å². The van der Waals surface area contributed by atoms with Crippen molar-refractivity contribution in [1.29, 1.82) is 0 Å². The first-order valence-corrected chi connectivity index (χ1v) is 7.17. The van der Waals surface area contributed by atoms with Gasteiger partial charge in [-0.2, -0.15) is 0 Å². The first kappa shape index (κ1) is 13.8. The van der Waals surface area contributed by atoms with E-state index in [9.17, 15) is 4.79 Å². The van der Waals surface area contributed by atoms with Gasteiger partial charge in [-0.05, 0) is 44.7 Å². The highest BCUT2D eigenvalue weighted by Crippen LogP contribution is 2.25. The van der Waals surface area contributed by atoms with E-state index in [1.807, 2.05) is 31.0 Å². The van der Waals surface area contributed by atoms with Crippen molar-refractivity contribution in [3.05, 3.63) is 23.4 Å². The number of nitrogens with one attached hydrogen (secondary N) is 1. The third-order valence-electron chi connectivity index (χ3n) is 3.79. The zero-order valence-electron chi connectivity index (χ0n) is 12.1. The zero-order chi connectivity index (χ0) is 13.8. The van der Waals surface area contributed by atoms with Crippen molar-refractivity contribution >= 4 is 11.7 Å². The van der Waals surface area contributed by atoms with Gasteiger partial charge in [0.15, 0.2) is 0 Å². The second-order valence-electron chi connectivity index (χ2n) is 5.12. The maximum Gasteiger partial charge on any atom is 0.254 e. The van der Waals surface area contributed by atoms with Gasteiger partial charge in [-0.3, -0.25) is 4.79 Å². The molecule has 104 valence electrons. The minimum Gasteiger partial charge on any atom is -0.370 e. The molecule has 0 aromatic carbocycles. The van der Waals surface area contributed by atoms with E-state index < -0.39 is 0 Å². The molecular formula is C15H23N3O. The number of amides is 1. The Bertz CT molecular complexity index is 455. The van der Waals surface area contributed by atoms with Crippen molar-refractivity contribution in [2.45, 2.75) is 45.6 Å². The third-order valence-corrected chi connectivity index (χ3v) is 3.79. The zero-order valence-corrected chi connectivity index (χ0v) is 12.1. The molecule has 0 aliphatic heterocycles. The van der Waals surface area contributed by atoms with Gasteiger partial charge in [0.1, 0.15) is 5.82 Å². The Balaban J connectivity index is 2.21. The summed E-state index contributed by atoms with van der Waals surface area (Å²) in [5, 5.41) is 3.19. The van der Waals surface area contributed by atoms with Crippen LogP contribution in [-0.2, 0) is 6.42 Å². The average molecular weight is 261 g/mol. The van der Waals surface area contributed by atoms with Crippen molar-refractivity contribution in [3.63, 3.8) is 0 Å². The monoisotopic (exact) mass is 261 g/mol. The highest BCUT2D eigenvalue weighted by Gasteiger charge is 2.26. The number of nitrogens with zero attached hydrogens (tertiary/aromatic N) is 2. The van der Waals surface area contributed by atoms with Gasteiger partial charge in [0, 0.05) is 30.9 Å². The number of hydrogen-bond acceptors (Lipinski definition) is 3. The average Bonchev–Trinajstić information content (AvgIpc) is 2.35. The molecule has 1 aliphatic rings. The molecular weight excluding hydrogens is 238 g/mol. The lowest BCUT2D eigenvalue weighted by molar-refractivity contribution is 0.0652. The Morgan fingerprint density at radius 2 is 2.16 bits per heavy atom. The summed E-state index contributed by atoms with van der Waals surface area (Å²) in [5.74, 6) is 0.910. The van der Waals surface area contributed by atoms with Crippen LogP contribution in [0.2, 0.25) is 0 Å². The lowest BCUT2D eigenvalue weighted by Gasteiger charge is -2.34. The van der Waals surface area contributed by atoms with Crippen LogP contribution in [0, 0.1) is 0 Å². The molecule has 1 aromatic heterocycles. The van der Waals surface area contributed by atoms with Crippen molar-refractivity contribution in [3.8, 4) is 0 Å². The molecule has 0 saturated heterocycles. The van der Waals surface area contributed by atoms with Crippen molar-refractivity contribution in [2.75, 3.05) is 18.9 Å². The van der Waals surface area contributed by atoms with E-state index >= 15 is 0 Å². The molecule has 1 fully saturated rings. The highest BCUT2D eigenvalue weighted by molar-refractivity contribution is 5.95. The second-order valence-corrected chi connectivity index (χ2v) is 5.12. The Kier molecular flexibility index (Phi) is 4.40. The van der Waals surface area contributed by atoms with Crippen LogP contribution < -0.4 is 5.32 Å². The SMILES string of the molecule is CCNc1cc(C(=O)N(C)C2CCC2)cc(CC)n1. The number of carbonyl (C=O) groups is 1.